The van der Waals surface area contributed by atoms with Crippen molar-refractivity contribution < 1.29 is 23.8 Å². The molecular weight excluding hydrogens is 376 g/mol. The standard InChI is InChI=1S/C20H18N4O5/c25-19(11-24-9-1-8-21-24)22-14-2-5-16(6-3-14)27-12-20(26)23-15-4-7-17-18(10-15)29-13-28-17/h1-10H,11-13H2,(H,22,25)(H,23,26). The highest BCUT2D eigenvalue weighted by Gasteiger charge is 2.14. The molecule has 1 aliphatic rings. The maximum Gasteiger partial charge on any atom is 0.262 e. The number of carbonyl (C=O) groups excluding carboxylic acids is 2. The number of amides is 2. The zero-order valence-corrected chi connectivity index (χ0v) is 15.3. The molecule has 2 heterocycles. The summed E-state index contributed by atoms with van der Waals surface area (Å²) < 4.78 is 17.5. The van der Waals surface area contributed by atoms with Crippen LogP contribution in [0.1, 0.15) is 0 Å². The Labute approximate surface area is 166 Å². The normalized spacial score (nSPS) is 11.7. The average molecular weight is 394 g/mol. The molecule has 4 rings (SSSR count). The number of rotatable bonds is 7. The number of nitrogens with one attached hydrogen (secondary N) is 2. The second kappa shape index (κ2) is 8.34. The molecule has 29 heavy (non-hydrogen) atoms. The second-order valence-corrected chi connectivity index (χ2v) is 6.18. The molecule has 0 saturated carbocycles. The Morgan fingerprint density at radius 3 is 2.55 bits per heavy atom. The number of hydrogen-bond donors (Lipinski definition) is 2. The number of nitrogens with zero attached hydrogens (tertiary/aromatic N) is 2. The maximum atomic E-state index is 12.1. The highest BCUT2D eigenvalue weighted by atomic mass is 16.7. The van der Waals surface area contributed by atoms with E-state index in [0.29, 0.717) is 28.6 Å². The molecule has 0 fully saturated rings. The fourth-order valence-corrected chi connectivity index (χ4v) is 2.70. The topological polar surface area (TPSA) is 104 Å². The van der Waals surface area contributed by atoms with Gasteiger partial charge in [0, 0.05) is 29.8 Å². The molecule has 1 aliphatic heterocycles. The zero-order valence-electron chi connectivity index (χ0n) is 15.3. The summed E-state index contributed by atoms with van der Waals surface area (Å²) in [7, 11) is 0. The van der Waals surface area contributed by atoms with E-state index in [1.807, 2.05) is 0 Å². The molecule has 2 amide bonds. The van der Waals surface area contributed by atoms with Crippen molar-refractivity contribution >= 4 is 23.2 Å². The molecule has 2 N–H and O–H groups in total. The van der Waals surface area contributed by atoms with Crippen LogP contribution in [0, 0.1) is 0 Å². The zero-order chi connectivity index (χ0) is 20.1. The van der Waals surface area contributed by atoms with E-state index in [9.17, 15) is 9.59 Å². The highest BCUT2D eigenvalue weighted by Crippen LogP contribution is 2.34. The summed E-state index contributed by atoms with van der Waals surface area (Å²) in [4.78, 5) is 24.0. The number of fused-ring (bicyclic) bond motifs is 1. The summed E-state index contributed by atoms with van der Waals surface area (Å²) in [5.74, 6) is 1.26. The Morgan fingerprint density at radius 2 is 1.76 bits per heavy atom. The number of hydrogen-bond acceptors (Lipinski definition) is 6. The third-order valence-corrected chi connectivity index (χ3v) is 4.03. The van der Waals surface area contributed by atoms with Gasteiger partial charge in [-0.15, -0.1) is 0 Å². The lowest BCUT2D eigenvalue weighted by atomic mass is 10.3. The van der Waals surface area contributed by atoms with Gasteiger partial charge in [-0.3, -0.25) is 14.3 Å². The minimum Gasteiger partial charge on any atom is -0.484 e. The monoisotopic (exact) mass is 394 g/mol. The number of aromatic nitrogens is 2. The van der Waals surface area contributed by atoms with Crippen LogP contribution in [-0.4, -0.2) is 35.0 Å². The fraction of sp³-hybridized carbons (Fsp3) is 0.150. The molecule has 2 aromatic carbocycles. The summed E-state index contributed by atoms with van der Waals surface area (Å²) in [5, 5.41) is 9.49. The van der Waals surface area contributed by atoms with Crippen LogP contribution in [0.25, 0.3) is 0 Å². The van der Waals surface area contributed by atoms with Gasteiger partial charge in [0.2, 0.25) is 12.7 Å². The summed E-state index contributed by atoms with van der Waals surface area (Å²) in [6.45, 7) is 0.153. The van der Waals surface area contributed by atoms with Gasteiger partial charge >= 0.3 is 0 Å². The Balaban J connectivity index is 1.24. The largest absolute Gasteiger partial charge is 0.484 e. The van der Waals surface area contributed by atoms with Gasteiger partial charge in [-0.2, -0.15) is 5.10 Å². The molecular formula is C20H18N4O5. The van der Waals surface area contributed by atoms with Crippen LogP contribution >= 0.6 is 0 Å². The van der Waals surface area contributed by atoms with Crippen LogP contribution in [0.4, 0.5) is 11.4 Å². The van der Waals surface area contributed by atoms with Crippen molar-refractivity contribution in [3.8, 4) is 17.2 Å². The Bertz CT molecular complexity index is 1000. The SMILES string of the molecule is O=C(COc1ccc(NC(=O)Cn2cccn2)cc1)Nc1ccc2c(c1)OCO2. The van der Waals surface area contributed by atoms with E-state index >= 15 is 0 Å². The predicted octanol–water partition coefficient (Wildman–Crippen LogP) is 2.27. The first-order valence-electron chi connectivity index (χ1n) is 8.85. The fourth-order valence-electron chi connectivity index (χ4n) is 2.70. The van der Waals surface area contributed by atoms with Crippen LogP contribution in [0.3, 0.4) is 0 Å². The molecule has 0 aliphatic carbocycles. The smallest absolute Gasteiger partial charge is 0.262 e. The van der Waals surface area contributed by atoms with E-state index in [4.69, 9.17) is 14.2 Å². The van der Waals surface area contributed by atoms with Gasteiger partial charge in [0.05, 0.1) is 0 Å². The van der Waals surface area contributed by atoms with E-state index in [1.165, 1.54) is 4.68 Å². The molecule has 0 atom stereocenters. The van der Waals surface area contributed by atoms with Crippen molar-refractivity contribution in [1.29, 1.82) is 0 Å². The van der Waals surface area contributed by atoms with Crippen molar-refractivity contribution in [2.45, 2.75) is 6.54 Å². The second-order valence-electron chi connectivity index (χ2n) is 6.18. The van der Waals surface area contributed by atoms with Crippen LogP contribution in [-0.2, 0) is 16.1 Å². The molecule has 0 unspecified atom stereocenters. The molecule has 0 spiro atoms. The number of carbonyl (C=O) groups is 2. The molecule has 0 saturated heterocycles. The third-order valence-electron chi connectivity index (χ3n) is 4.03. The number of ether oxygens (including phenoxy) is 3. The Hall–Kier alpha value is -4.01. The lowest BCUT2D eigenvalue weighted by Gasteiger charge is -2.09. The third kappa shape index (κ3) is 4.83. The molecule has 0 radical (unpaired) electrons. The number of benzene rings is 2. The molecule has 1 aromatic heterocycles. The van der Waals surface area contributed by atoms with Crippen LogP contribution in [0.15, 0.2) is 60.9 Å². The molecule has 3 aromatic rings. The van der Waals surface area contributed by atoms with Crippen molar-refractivity contribution in [1.82, 2.24) is 9.78 Å². The lowest BCUT2D eigenvalue weighted by molar-refractivity contribution is -0.118. The van der Waals surface area contributed by atoms with Gasteiger partial charge in [0.25, 0.3) is 5.91 Å². The summed E-state index contributed by atoms with van der Waals surface area (Å²) >= 11 is 0. The van der Waals surface area contributed by atoms with E-state index in [0.717, 1.165) is 0 Å². The molecule has 148 valence electrons. The quantitative estimate of drug-likeness (QED) is 0.637. The van der Waals surface area contributed by atoms with Crippen LogP contribution in [0.2, 0.25) is 0 Å². The number of anilines is 2. The highest BCUT2D eigenvalue weighted by molar-refractivity contribution is 5.92. The van der Waals surface area contributed by atoms with Crippen LogP contribution in [0.5, 0.6) is 17.2 Å². The first-order valence-corrected chi connectivity index (χ1v) is 8.85. The van der Waals surface area contributed by atoms with Gasteiger partial charge in [-0.1, -0.05) is 0 Å². The van der Waals surface area contributed by atoms with Gasteiger partial charge in [-0.05, 0) is 42.5 Å². The molecule has 9 nitrogen and oxygen atoms in total. The first-order chi connectivity index (χ1) is 14.2. The van der Waals surface area contributed by atoms with Gasteiger partial charge in [-0.25, -0.2) is 0 Å². The van der Waals surface area contributed by atoms with Gasteiger partial charge in [0.1, 0.15) is 12.3 Å². The van der Waals surface area contributed by atoms with Crippen molar-refractivity contribution in [3.63, 3.8) is 0 Å². The summed E-state index contributed by atoms with van der Waals surface area (Å²) in [6.07, 6.45) is 3.33. The van der Waals surface area contributed by atoms with E-state index < -0.39 is 0 Å². The maximum absolute atomic E-state index is 12.1. The summed E-state index contributed by atoms with van der Waals surface area (Å²) in [5.41, 5.74) is 1.22. The van der Waals surface area contributed by atoms with Crippen molar-refractivity contribution in [3.05, 3.63) is 60.9 Å². The van der Waals surface area contributed by atoms with Gasteiger partial charge in [0.15, 0.2) is 18.1 Å². The van der Waals surface area contributed by atoms with E-state index in [-0.39, 0.29) is 31.8 Å². The predicted molar refractivity (Wildman–Crippen MR) is 104 cm³/mol. The van der Waals surface area contributed by atoms with Gasteiger partial charge < -0.3 is 24.8 Å². The first kappa shape index (κ1) is 18.4. The van der Waals surface area contributed by atoms with Crippen molar-refractivity contribution in [2.24, 2.45) is 0 Å². The molecule has 0 bridgehead atoms. The van der Waals surface area contributed by atoms with E-state index in [1.54, 1.807) is 60.9 Å². The minimum atomic E-state index is -0.305. The Morgan fingerprint density at radius 1 is 1.00 bits per heavy atom. The van der Waals surface area contributed by atoms with E-state index in [2.05, 4.69) is 15.7 Å². The van der Waals surface area contributed by atoms with Crippen LogP contribution < -0.4 is 24.8 Å². The summed E-state index contributed by atoms with van der Waals surface area (Å²) in [6, 6.07) is 13.7. The van der Waals surface area contributed by atoms with Crippen molar-refractivity contribution in [2.75, 3.05) is 24.0 Å². The lowest BCUT2D eigenvalue weighted by Crippen LogP contribution is -2.20. The molecule has 9 heteroatoms. The Kier molecular flexibility index (Phi) is 5.28. The average Bonchev–Trinajstić information content (AvgIpc) is 3.39. The minimum absolute atomic E-state index is 0.130.